The van der Waals surface area contributed by atoms with Crippen molar-refractivity contribution in [1.82, 2.24) is 14.3 Å². The lowest BCUT2D eigenvalue weighted by Crippen LogP contribution is -2.56. The molecule has 3 aliphatic rings. The molecule has 0 bridgehead atoms. The van der Waals surface area contributed by atoms with Crippen molar-refractivity contribution < 1.29 is 9.47 Å². The number of allylic oxidation sites excluding steroid dienone is 3. The quantitative estimate of drug-likeness (QED) is 0.0439. The number of ether oxygens (including phenoxy) is 2. The Morgan fingerprint density at radius 1 is 0.634 bits per heavy atom. The van der Waals surface area contributed by atoms with Crippen LogP contribution in [0.3, 0.4) is 0 Å². The molecule has 0 saturated heterocycles. The van der Waals surface area contributed by atoms with E-state index >= 15 is 0 Å². The molecule has 9 aromatic rings. The number of unbranched alkanes of at least 4 members (excludes halogenated alkanes) is 2. The van der Waals surface area contributed by atoms with Gasteiger partial charge in [0.25, 0.3) is 0 Å². The van der Waals surface area contributed by atoms with E-state index in [0.717, 1.165) is 115 Å². The van der Waals surface area contributed by atoms with Crippen LogP contribution in [0.1, 0.15) is 115 Å². The van der Waals surface area contributed by atoms with Gasteiger partial charge in [-0.1, -0.05) is 258 Å². The van der Waals surface area contributed by atoms with Gasteiger partial charge in [-0.05, 0) is 115 Å². The second-order valence-corrected chi connectivity index (χ2v) is 25.8. The van der Waals surface area contributed by atoms with E-state index in [1.165, 1.54) is 47.1 Å². The smallest absolute Gasteiger partial charge is 0.328 e. The number of aliphatic imine (C=N–C) groups is 1. The maximum absolute atomic E-state index is 12.0. The first kappa shape index (κ1) is 66.7. The van der Waals surface area contributed by atoms with E-state index in [4.69, 9.17) is 19.7 Å². The van der Waals surface area contributed by atoms with E-state index in [1.807, 2.05) is 12.1 Å². The molecular weight excluding hydrogens is 1170 g/mol. The Kier molecular flexibility index (Phi) is 24.3. The minimum Gasteiger partial charge on any atom is -0.493 e. The predicted octanol–water partition coefficient (Wildman–Crippen LogP) is 15.6. The predicted molar refractivity (Wildman–Crippen MR) is 395 cm³/mol. The molecule has 0 radical (unpaired) electrons. The summed E-state index contributed by atoms with van der Waals surface area (Å²) in [5, 5.41) is 24.1. The molecule has 12 heteroatoms. The maximum atomic E-state index is 12.0. The van der Waals surface area contributed by atoms with Gasteiger partial charge in [0.05, 0.1) is 52.9 Å². The van der Waals surface area contributed by atoms with Crippen molar-refractivity contribution in [1.29, 1.82) is 10.5 Å². The van der Waals surface area contributed by atoms with Crippen LogP contribution in [0, 0.1) is 46.8 Å². The molecule has 7 aromatic carbocycles. The summed E-state index contributed by atoms with van der Waals surface area (Å²) in [6.45, 7) is 12.8. The minimum atomic E-state index is -0.334. The Labute approximate surface area is 560 Å². The molecule has 0 saturated carbocycles. The molecule has 0 fully saturated rings. The first-order valence-corrected chi connectivity index (χ1v) is 34.7. The molecule has 1 aliphatic carbocycles. The Morgan fingerprint density at radius 2 is 1.14 bits per heavy atom. The number of fused-ring (bicyclic) bond motifs is 2. The van der Waals surface area contributed by atoms with E-state index in [2.05, 4.69) is 273 Å². The zero-order chi connectivity index (χ0) is 64.7. The molecule has 2 unspecified atom stereocenters. The van der Waals surface area contributed by atoms with Crippen molar-refractivity contribution >= 4 is 85.2 Å². The molecule has 2 aromatic heterocycles. The van der Waals surface area contributed by atoms with Crippen LogP contribution in [0.2, 0.25) is 0 Å². The normalized spacial score (nSPS) is 13.9. The van der Waals surface area contributed by atoms with Gasteiger partial charge in [-0.2, -0.15) is 10.5 Å². The van der Waals surface area contributed by atoms with Crippen molar-refractivity contribution in [2.24, 2.45) is 16.8 Å². The molecule has 0 spiro atoms. The van der Waals surface area contributed by atoms with Gasteiger partial charge in [-0.25, -0.2) is 4.98 Å². The summed E-state index contributed by atoms with van der Waals surface area (Å²) in [6, 6.07) is 74.1. The topological polar surface area (TPSA) is 99.5 Å². The van der Waals surface area contributed by atoms with E-state index in [0.29, 0.717) is 48.6 Å². The van der Waals surface area contributed by atoms with Gasteiger partial charge in [0.15, 0.2) is 0 Å². The number of benzene rings is 7. The molecule has 8 nitrogen and oxygen atoms in total. The van der Waals surface area contributed by atoms with Crippen LogP contribution in [-0.4, -0.2) is 52.8 Å². The van der Waals surface area contributed by atoms with Crippen LogP contribution in [0.15, 0.2) is 234 Å². The van der Waals surface area contributed by atoms with Crippen LogP contribution < -0.4 is 41.9 Å². The first-order chi connectivity index (χ1) is 45.8. The van der Waals surface area contributed by atoms with E-state index < -0.39 is 0 Å². The number of aromatic nitrogens is 2. The fourth-order valence-corrected chi connectivity index (χ4v) is 14.5. The van der Waals surface area contributed by atoms with Crippen LogP contribution in [0.25, 0.3) is 32.7 Å². The summed E-state index contributed by atoms with van der Waals surface area (Å²) in [7, 11) is 0. The van der Waals surface area contributed by atoms with Crippen molar-refractivity contribution in [2.45, 2.75) is 105 Å². The van der Waals surface area contributed by atoms with Crippen LogP contribution in [0.4, 0.5) is 0 Å². The van der Waals surface area contributed by atoms with Crippen molar-refractivity contribution in [2.75, 3.05) is 19.8 Å². The number of nitrogens with zero attached hydrogens (tertiary/aromatic N) is 6. The third-order valence-corrected chi connectivity index (χ3v) is 19.6. The van der Waals surface area contributed by atoms with Crippen molar-refractivity contribution in [3.8, 4) is 47.2 Å². The Morgan fingerprint density at radius 3 is 1.65 bits per heavy atom. The van der Waals surface area contributed by atoms with Gasteiger partial charge in [0.2, 0.25) is 0 Å². The molecule has 93 heavy (non-hydrogen) atoms. The van der Waals surface area contributed by atoms with Crippen molar-refractivity contribution in [3.05, 3.63) is 256 Å². The Balaban J connectivity index is 0.000000483. The molecule has 466 valence electrons. The van der Waals surface area contributed by atoms with E-state index in [1.54, 1.807) is 30.0 Å². The third kappa shape index (κ3) is 16.3. The van der Waals surface area contributed by atoms with Gasteiger partial charge >= 0.3 is 13.7 Å². The summed E-state index contributed by atoms with van der Waals surface area (Å²) in [5.41, 5.74) is 12.6. The summed E-state index contributed by atoms with van der Waals surface area (Å²) in [5.74, 6) is 4.97. The Bertz CT molecular complexity index is 4200. The monoisotopic (exact) mass is 1260 g/mol. The number of para-hydroxylation sites is 1. The van der Waals surface area contributed by atoms with E-state index in [-0.39, 0.29) is 13.7 Å². The van der Waals surface area contributed by atoms with Gasteiger partial charge in [0.1, 0.15) is 28.1 Å². The molecule has 2 aliphatic heterocycles. The van der Waals surface area contributed by atoms with Gasteiger partial charge in [-0.15, -0.1) is 23.7 Å². The van der Waals surface area contributed by atoms with Gasteiger partial charge in [0, 0.05) is 33.6 Å². The van der Waals surface area contributed by atoms with Crippen LogP contribution in [0.5, 0.6) is 11.5 Å². The minimum absolute atomic E-state index is 0.180. The largest absolute Gasteiger partial charge is 0.493 e. The third-order valence-electron chi connectivity index (χ3n) is 17.4. The fourth-order valence-electron chi connectivity index (χ4n) is 12.6. The standard InChI is InChI=1S/C67H68B2N4O2S.C11H10N2S.C3H4/c1-5-9-25-49(7-3)47-74-57-41-37-51(38-42-57)64-60-46-72(68(53-27-15-11-16-28-53)54-29-17-12-18-30-54)65(52-39-43-58(44-40-52)75-48-50(8-4)26-10-6-2)63(60)66(59(45-70)67-71-61-35-23-24-36-62(61)76-67)73(64)69(55-31-19-13-20-32-55)56-33-21-14-22-34-56;12-7-6-11-13-8-9-4-2-1-3-5-10(9)14-11;1-3-2/h11-24,27-44,49-50H,5-10,25-26,46-48H2,1-4H3;2-5H,1,6,8H2;1H,2H3/b66-59-;;. The molecule has 4 heterocycles. The molecule has 2 atom stereocenters. The highest BCUT2D eigenvalue weighted by atomic mass is 32.2. The molecule has 12 rings (SSSR count). The zero-order valence-electron chi connectivity index (χ0n) is 54.4. The number of hydrogen-bond donors (Lipinski definition) is 0. The number of thioether (sulfide) groups is 1. The second-order valence-electron chi connectivity index (χ2n) is 23.7. The lowest BCUT2D eigenvalue weighted by molar-refractivity contribution is 0.233. The number of hydrogen-bond acceptors (Lipinski definition) is 9. The highest BCUT2D eigenvalue weighted by molar-refractivity contribution is 8.17. The van der Waals surface area contributed by atoms with Crippen molar-refractivity contribution in [3.63, 3.8) is 0 Å². The maximum Gasteiger partial charge on any atom is 0.328 e. The summed E-state index contributed by atoms with van der Waals surface area (Å²) in [6.07, 6.45) is 23.8. The van der Waals surface area contributed by atoms with Crippen LogP contribution in [-0.2, 0) is 6.54 Å². The lowest BCUT2D eigenvalue weighted by Gasteiger charge is -2.32. The number of nitriles is 2. The second kappa shape index (κ2) is 33.9. The SMILES string of the molecule is C#CC.CCCCC(CC)COc1ccc(C2=c3c(c(-c4ccc(OCC(CC)CCCC)cc4)n(B(c4ccccc4)c4ccccc4)/c3=C(/C#N)c3nc4ccccc4s3)CN2B(c2ccccc2)c2ccccc2)cc1.N#CCC1=NCC2=C(C=CCC=C2)S1. The molecular formula is C81H82B2N6O2S2. The summed E-state index contributed by atoms with van der Waals surface area (Å²) >= 11 is 3.20. The highest BCUT2D eigenvalue weighted by Crippen LogP contribution is 2.36. The van der Waals surface area contributed by atoms with E-state index in [9.17, 15) is 5.26 Å². The zero-order valence-corrected chi connectivity index (χ0v) is 56.0. The fraction of sp³-hybridized carbons (Fsp3) is 0.259. The highest BCUT2D eigenvalue weighted by Gasteiger charge is 2.40. The van der Waals surface area contributed by atoms with Gasteiger partial charge < -0.3 is 18.8 Å². The average molecular weight is 1260 g/mol. The Hall–Kier alpha value is -9.24. The number of thiazole rings is 1. The number of rotatable bonds is 24. The lowest BCUT2D eigenvalue weighted by atomic mass is 9.49. The summed E-state index contributed by atoms with van der Waals surface area (Å²) < 4.78 is 16.7. The summed E-state index contributed by atoms with van der Waals surface area (Å²) in [4.78, 5) is 13.5. The first-order valence-electron chi connectivity index (χ1n) is 33.0. The molecule has 0 amide bonds. The van der Waals surface area contributed by atoms with Crippen LogP contribution >= 0.6 is 23.1 Å². The number of terminal acetylenes is 1. The van der Waals surface area contributed by atoms with Gasteiger partial charge in [-0.3, -0.25) is 4.99 Å². The average Bonchev–Trinajstić information content (AvgIpc) is 1.54. The molecule has 0 N–H and O–H groups in total.